The number of carbonyl (C=O) groups excluding carboxylic acids is 3. The van der Waals surface area contributed by atoms with Crippen LogP contribution in [0.5, 0.6) is 0 Å². The Morgan fingerprint density at radius 3 is 2.52 bits per heavy atom. The summed E-state index contributed by atoms with van der Waals surface area (Å²) in [4.78, 5) is 43.1. The molecule has 2 aromatic rings. The molecule has 0 bridgehead atoms. The average Bonchev–Trinajstić information content (AvgIpc) is 2.73. The fourth-order valence-corrected chi connectivity index (χ4v) is 2.78. The Bertz CT molecular complexity index is 914. The SMILES string of the molecule is N#Cc1ccccc1NC(=O)c1cncc(C(=O)N2CCN(C=O)CC2)c1. The van der Waals surface area contributed by atoms with E-state index in [0.717, 1.165) is 6.41 Å². The highest BCUT2D eigenvalue weighted by atomic mass is 16.2. The lowest BCUT2D eigenvalue weighted by molar-refractivity contribution is -0.119. The molecule has 0 radical (unpaired) electrons. The maximum atomic E-state index is 12.6. The minimum atomic E-state index is -0.453. The molecule has 0 aliphatic carbocycles. The summed E-state index contributed by atoms with van der Waals surface area (Å²) < 4.78 is 0. The molecule has 1 aliphatic heterocycles. The molecule has 2 heterocycles. The summed E-state index contributed by atoms with van der Waals surface area (Å²) in [5.41, 5.74) is 1.27. The highest BCUT2D eigenvalue weighted by molar-refractivity contribution is 6.06. The zero-order valence-corrected chi connectivity index (χ0v) is 14.5. The lowest BCUT2D eigenvalue weighted by atomic mass is 10.1. The lowest BCUT2D eigenvalue weighted by Crippen LogP contribution is -2.48. The van der Waals surface area contributed by atoms with Gasteiger partial charge in [0, 0.05) is 38.6 Å². The van der Waals surface area contributed by atoms with Crippen LogP contribution in [0, 0.1) is 11.3 Å². The van der Waals surface area contributed by atoms with Gasteiger partial charge in [0.05, 0.1) is 22.4 Å². The second kappa shape index (κ2) is 8.10. The second-order valence-corrected chi connectivity index (χ2v) is 6.01. The van der Waals surface area contributed by atoms with Gasteiger partial charge in [0.15, 0.2) is 0 Å². The van der Waals surface area contributed by atoms with Crippen molar-refractivity contribution in [3.63, 3.8) is 0 Å². The summed E-state index contributed by atoms with van der Waals surface area (Å²) in [5.74, 6) is -0.689. The third-order valence-corrected chi connectivity index (χ3v) is 4.29. The van der Waals surface area contributed by atoms with E-state index in [-0.39, 0.29) is 11.5 Å². The molecule has 8 nitrogen and oxygen atoms in total. The number of nitrogens with zero attached hydrogens (tertiary/aromatic N) is 4. The van der Waals surface area contributed by atoms with E-state index in [1.807, 2.05) is 6.07 Å². The van der Waals surface area contributed by atoms with Crippen LogP contribution in [0.25, 0.3) is 0 Å². The highest BCUT2D eigenvalue weighted by Crippen LogP contribution is 2.16. The number of para-hydroxylation sites is 1. The van der Waals surface area contributed by atoms with Crippen molar-refractivity contribution < 1.29 is 14.4 Å². The Hall–Kier alpha value is -3.73. The van der Waals surface area contributed by atoms with Gasteiger partial charge in [-0.2, -0.15) is 5.26 Å². The van der Waals surface area contributed by atoms with Gasteiger partial charge in [-0.25, -0.2) is 0 Å². The second-order valence-electron chi connectivity index (χ2n) is 6.01. The average molecular weight is 363 g/mol. The summed E-state index contributed by atoms with van der Waals surface area (Å²) >= 11 is 0. The predicted molar refractivity (Wildman–Crippen MR) is 96.9 cm³/mol. The number of aromatic nitrogens is 1. The number of nitriles is 1. The molecule has 0 unspecified atom stereocenters. The van der Waals surface area contributed by atoms with Crippen LogP contribution in [0.4, 0.5) is 5.69 Å². The molecule has 0 spiro atoms. The lowest BCUT2D eigenvalue weighted by Gasteiger charge is -2.32. The maximum absolute atomic E-state index is 12.6. The fraction of sp³-hybridized carbons (Fsp3) is 0.211. The van der Waals surface area contributed by atoms with Gasteiger partial charge in [-0.15, -0.1) is 0 Å². The number of carbonyl (C=O) groups is 3. The van der Waals surface area contributed by atoms with Gasteiger partial charge in [0.2, 0.25) is 6.41 Å². The molecule has 1 N–H and O–H groups in total. The van der Waals surface area contributed by atoms with Crippen LogP contribution in [0.2, 0.25) is 0 Å². The number of hydrogen-bond acceptors (Lipinski definition) is 5. The number of hydrogen-bond donors (Lipinski definition) is 1. The topological polar surface area (TPSA) is 106 Å². The molecule has 1 aromatic carbocycles. The Labute approximate surface area is 156 Å². The number of amides is 3. The van der Waals surface area contributed by atoms with Gasteiger partial charge in [-0.1, -0.05) is 12.1 Å². The Balaban J connectivity index is 1.73. The molecular weight excluding hydrogens is 346 g/mol. The molecule has 27 heavy (non-hydrogen) atoms. The van der Waals surface area contributed by atoms with E-state index in [1.54, 1.807) is 34.1 Å². The largest absolute Gasteiger partial charge is 0.342 e. The minimum Gasteiger partial charge on any atom is -0.342 e. The summed E-state index contributed by atoms with van der Waals surface area (Å²) in [7, 11) is 0. The molecular formula is C19H17N5O3. The van der Waals surface area contributed by atoms with Crippen molar-refractivity contribution in [2.75, 3.05) is 31.5 Å². The first kappa shape index (κ1) is 18.1. The van der Waals surface area contributed by atoms with Crippen LogP contribution in [0.15, 0.2) is 42.7 Å². The smallest absolute Gasteiger partial charge is 0.257 e. The Kier molecular flexibility index (Phi) is 5.42. The van der Waals surface area contributed by atoms with Crippen molar-refractivity contribution in [1.82, 2.24) is 14.8 Å². The van der Waals surface area contributed by atoms with Crippen LogP contribution >= 0.6 is 0 Å². The van der Waals surface area contributed by atoms with Crippen molar-refractivity contribution in [2.45, 2.75) is 0 Å². The van der Waals surface area contributed by atoms with Gasteiger partial charge in [-0.3, -0.25) is 19.4 Å². The number of nitrogens with one attached hydrogen (secondary N) is 1. The van der Waals surface area contributed by atoms with E-state index in [4.69, 9.17) is 5.26 Å². The zero-order chi connectivity index (χ0) is 19.2. The van der Waals surface area contributed by atoms with E-state index in [0.29, 0.717) is 43.0 Å². The number of benzene rings is 1. The molecule has 1 aromatic heterocycles. The van der Waals surface area contributed by atoms with Gasteiger partial charge in [-0.05, 0) is 18.2 Å². The summed E-state index contributed by atoms with van der Waals surface area (Å²) in [6, 6.07) is 10.1. The third-order valence-electron chi connectivity index (χ3n) is 4.29. The van der Waals surface area contributed by atoms with Crippen molar-refractivity contribution >= 4 is 23.9 Å². The molecule has 1 aliphatic rings. The van der Waals surface area contributed by atoms with E-state index in [1.165, 1.54) is 18.5 Å². The zero-order valence-electron chi connectivity index (χ0n) is 14.5. The molecule has 0 saturated carbocycles. The highest BCUT2D eigenvalue weighted by Gasteiger charge is 2.22. The monoisotopic (exact) mass is 363 g/mol. The predicted octanol–water partition coefficient (Wildman–Crippen LogP) is 1.12. The minimum absolute atomic E-state index is 0.222. The maximum Gasteiger partial charge on any atom is 0.257 e. The van der Waals surface area contributed by atoms with E-state index in [9.17, 15) is 14.4 Å². The number of pyridine rings is 1. The van der Waals surface area contributed by atoms with Gasteiger partial charge in [0.1, 0.15) is 6.07 Å². The van der Waals surface area contributed by atoms with Crippen molar-refractivity contribution in [3.05, 3.63) is 59.4 Å². The molecule has 136 valence electrons. The molecule has 0 atom stereocenters. The van der Waals surface area contributed by atoms with Gasteiger partial charge in [0.25, 0.3) is 11.8 Å². The van der Waals surface area contributed by atoms with E-state index in [2.05, 4.69) is 10.3 Å². The summed E-state index contributed by atoms with van der Waals surface area (Å²) in [6.45, 7) is 1.83. The quantitative estimate of drug-likeness (QED) is 0.819. The van der Waals surface area contributed by atoms with Crippen LogP contribution in [-0.4, -0.2) is 59.2 Å². The fourth-order valence-electron chi connectivity index (χ4n) is 2.78. The number of rotatable bonds is 4. The van der Waals surface area contributed by atoms with E-state index >= 15 is 0 Å². The van der Waals surface area contributed by atoms with Crippen LogP contribution in [0.1, 0.15) is 26.3 Å². The Morgan fingerprint density at radius 1 is 1.11 bits per heavy atom. The van der Waals surface area contributed by atoms with Crippen molar-refractivity contribution in [1.29, 1.82) is 5.26 Å². The molecule has 1 saturated heterocycles. The number of anilines is 1. The molecule has 8 heteroatoms. The molecule has 3 rings (SSSR count). The summed E-state index contributed by atoms with van der Waals surface area (Å²) in [6.07, 6.45) is 3.55. The first-order chi connectivity index (χ1) is 13.1. The Morgan fingerprint density at radius 2 is 1.81 bits per heavy atom. The van der Waals surface area contributed by atoms with Crippen LogP contribution in [-0.2, 0) is 4.79 Å². The first-order valence-corrected chi connectivity index (χ1v) is 8.36. The third kappa shape index (κ3) is 4.10. The van der Waals surface area contributed by atoms with Crippen LogP contribution in [0.3, 0.4) is 0 Å². The van der Waals surface area contributed by atoms with Crippen molar-refractivity contribution in [2.24, 2.45) is 0 Å². The van der Waals surface area contributed by atoms with Gasteiger partial charge < -0.3 is 15.1 Å². The summed E-state index contributed by atoms with van der Waals surface area (Å²) in [5, 5.41) is 11.8. The first-order valence-electron chi connectivity index (χ1n) is 8.36. The van der Waals surface area contributed by atoms with Crippen molar-refractivity contribution in [3.8, 4) is 6.07 Å². The van der Waals surface area contributed by atoms with E-state index < -0.39 is 5.91 Å². The molecule has 3 amide bonds. The molecule has 1 fully saturated rings. The normalized spacial score (nSPS) is 13.6. The van der Waals surface area contributed by atoms with Gasteiger partial charge >= 0.3 is 0 Å². The van der Waals surface area contributed by atoms with Crippen LogP contribution < -0.4 is 5.32 Å². The standard InChI is InChI=1S/C19H17N5O3/c20-10-14-3-1-2-4-17(14)22-18(26)15-9-16(12-21-11-15)19(27)24-7-5-23(13-25)6-8-24/h1-4,9,11-13H,5-8H2,(H,22,26). The number of piperazine rings is 1.